The topological polar surface area (TPSA) is 162 Å². The molecule has 36 heavy (non-hydrogen) atoms. The van der Waals surface area contributed by atoms with Crippen molar-refractivity contribution in [2.75, 3.05) is 18.8 Å². The number of H-pyrrole nitrogens is 1. The van der Waals surface area contributed by atoms with Crippen LogP contribution in [-0.4, -0.2) is 65.0 Å². The monoisotopic (exact) mass is 499 g/mol. The zero-order valence-electron chi connectivity index (χ0n) is 22.4. The maximum Gasteiger partial charge on any atom is 0.410 e. The van der Waals surface area contributed by atoms with Crippen LogP contribution in [0.3, 0.4) is 0 Å². The molecule has 3 aromatic rings. The summed E-state index contributed by atoms with van der Waals surface area (Å²) in [6, 6.07) is 0. The number of aromatic amines is 1. The third-order valence-electron chi connectivity index (χ3n) is 5.34. The molecule has 0 spiro atoms. The van der Waals surface area contributed by atoms with Gasteiger partial charge in [0.2, 0.25) is 11.7 Å². The van der Waals surface area contributed by atoms with Crippen LogP contribution in [0.4, 0.5) is 10.6 Å². The Morgan fingerprint density at radius 2 is 1.78 bits per heavy atom. The first-order valence-corrected chi connectivity index (χ1v) is 12.3. The van der Waals surface area contributed by atoms with E-state index in [-0.39, 0.29) is 34.8 Å². The first-order chi connectivity index (χ1) is 16.9. The average Bonchev–Trinajstić information content (AvgIpc) is 3.50. The van der Waals surface area contributed by atoms with Crippen LogP contribution in [0.2, 0.25) is 0 Å². The van der Waals surface area contributed by atoms with Gasteiger partial charge in [0.25, 0.3) is 5.89 Å². The van der Waals surface area contributed by atoms with E-state index in [0.717, 1.165) is 18.7 Å². The van der Waals surface area contributed by atoms with Crippen LogP contribution in [0, 0.1) is 0 Å². The molecule has 0 aromatic carbocycles. The summed E-state index contributed by atoms with van der Waals surface area (Å²) in [6.45, 7) is 16.7. The van der Waals surface area contributed by atoms with Crippen molar-refractivity contribution in [2.24, 2.45) is 0 Å². The zero-order chi connectivity index (χ0) is 26.7. The summed E-state index contributed by atoms with van der Waals surface area (Å²) in [5.74, 6) is 2.14. The van der Waals surface area contributed by atoms with Crippen molar-refractivity contribution in [2.45, 2.75) is 85.2 Å². The van der Waals surface area contributed by atoms with Gasteiger partial charge in [0.15, 0.2) is 11.5 Å². The molecule has 1 fully saturated rings. The number of hydrogen-bond acceptors (Lipinski definition) is 10. The minimum Gasteiger partial charge on any atom is -0.444 e. The fourth-order valence-corrected chi connectivity index (χ4v) is 3.52. The fourth-order valence-electron chi connectivity index (χ4n) is 3.52. The molecule has 0 unspecified atom stereocenters. The molecule has 0 aliphatic carbocycles. The standard InChI is InChI=1S/C22H31N9O3.C2H6/c1-21(2,3)19-30-29-18(33-19)14-15(23)24-11-13(25-14)17-26-16(27-28-17)12-7-9-31(10-8-12)20(32)34-22(4,5)6;1-2/h11-12H,7-10H2,1-6H3,(H2,23,24)(H,26,27,28);1-2H3. The average molecular weight is 500 g/mol. The van der Waals surface area contributed by atoms with Crippen molar-refractivity contribution in [1.29, 1.82) is 0 Å². The minimum atomic E-state index is -0.512. The van der Waals surface area contributed by atoms with Crippen molar-refractivity contribution >= 4 is 11.9 Å². The van der Waals surface area contributed by atoms with Gasteiger partial charge in [0, 0.05) is 24.4 Å². The van der Waals surface area contributed by atoms with Crippen molar-refractivity contribution in [3.05, 3.63) is 17.9 Å². The largest absolute Gasteiger partial charge is 0.444 e. The van der Waals surface area contributed by atoms with Gasteiger partial charge in [-0.3, -0.25) is 5.10 Å². The molecule has 0 saturated carbocycles. The number of piperidine rings is 1. The van der Waals surface area contributed by atoms with E-state index in [4.69, 9.17) is 14.9 Å². The third kappa shape index (κ3) is 6.35. The summed E-state index contributed by atoms with van der Waals surface area (Å²) in [4.78, 5) is 27.4. The molecule has 3 aromatic heterocycles. The smallest absolute Gasteiger partial charge is 0.410 e. The molecule has 4 heterocycles. The summed E-state index contributed by atoms with van der Waals surface area (Å²) in [6.07, 6.45) is 2.73. The van der Waals surface area contributed by atoms with E-state index in [1.54, 1.807) is 4.90 Å². The Bertz CT molecular complexity index is 1170. The van der Waals surface area contributed by atoms with Crippen LogP contribution in [0.25, 0.3) is 23.1 Å². The van der Waals surface area contributed by atoms with Crippen LogP contribution < -0.4 is 5.73 Å². The number of aromatic nitrogens is 7. The number of nitrogens with one attached hydrogen (secondary N) is 1. The molecule has 12 heteroatoms. The Balaban J connectivity index is 0.00000176. The van der Waals surface area contributed by atoms with Gasteiger partial charge in [-0.1, -0.05) is 34.6 Å². The highest BCUT2D eigenvalue weighted by Crippen LogP contribution is 2.30. The van der Waals surface area contributed by atoms with Gasteiger partial charge in [-0.05, 0) is 33.6 Å². The highest BCUT2D eigenvalue weighted by molar-refractivity contribution is 5.68. The second kappa shape index (κ2) is 10.6. The lowest BCUT2D eigenvalue weighted by atomic mass is 9.96. The van der Waals surface area contributed by atoms with E-state index in [1.807, 2.05) is 55.4 Å². The van der Waals surface area contributed by atoms with Crippen LogP contribution >= 0.6 is 0 Å². The maximum absolute atomic E-state index is 12.3. The summed E-state index contributed by atoms with van der Waals surface area (Å²) in [5.41, 5.74) is 5.94. The number of nitrogens with zero attached hydrogens (tertiary/aromatic N) is 7. The summed E-state index contributed by atoms with van der Waals surface area (Å²) < 4.78 is 11.2. The van der Waals surface area contributed by atoms with Gasteiger partial charge in [-0.2, -0.15) is 5.10 Å². The van der Waals surface area contributed by atoms with Crippen molar-refractivity contribution in [1.82, 2.24) is 40.2 Å². The fraction of sp³-hybridized carbons (Fsp3) is 0.625. The van der Waals surface area contributed by atoms with Crippen molar-refractivity contribution in [3.63, 3.8) is 0 Å². The van der Waals surface area contributed by atoms with Gasteiger partial charge >= 0.3 is 6.09 Å². The lowest BCUT2D eigenvalue weighted by Gasteiger charge is -2.32. The highest BCUT2D eigenvalue weighted by atomic mass is 16.6. The summed E-state index contributed by atoms with van der Waals surface area (Å²) in [7, 11) is 0. The number of likely N-dealkylation sites (tertiary alicyclic amines) is 1. The number of rotatable bonds is 3. The number of carbonyl (C=O) groups excluding carboxylic acids is 1. The Hall–Kier alpha value is -3.57. The molecule has 3 N–H and O–H groups in total. The van der Waals surface area contributed by atoms with E-state index in [1.165, 1.54) is 6.20 Å². The Morgan fingerprint density at radius 3 is 2.36 bits per heavy atom. The lowest BCUT2D eigenvalue weighted by molar-refractivity contribution is 0.0203. The predicted molar refractivity (Wildman–Crippen MR) is 135 cm³/mol. The maximum atomic E-state index is 12.3. The molecule has 4 rings (SSSR count). The molecular weight excluding hydrogens is 462 g/mol. The van der Waals surface area contributed by atoms with E-state index < -0.39 is 5.60 Å². The number of carbonyl (C=O) groups is 1. The molecule has 12 nitrogen and oxygen atoms in total. The minimum absolute atomic E-state index is 0.145. The third-order valence-corrected chi connectivity index (χ3v) is 5.34. The highest BCUT2D eigenvalue weighted by Gasteiger charge is 2.29. The second-order valence-electron chi connectivity index (χ2n) is 10.4. The van der Waals surface area contributed by atoms with E-state index in [2.05, 4.69) is 35.3 Å². The number of ether oxygens (including phenoxy) is 1. The van der Waals surface area contributed by atoms with Crippen LogP contribution in [0.1, 0.15) is 85.9 Å². The van der Waals surface area contributed by atoms with Crippen molar-refractivity contribution < 1.29 is 13.9 Å². The van der Waals surface area contributed by atoms with Gasteiger partial charge in [-0.25, -0.2) is 19.7 Å². The number of nitrogens with two attached hydrogens (primary N) is 1. The first kappa shape index (κ1) is 27.0. The number of anilines is 1. The van der Waals surface area contributed by atoms with Crippen molar-refractivity contribution in [3.8, 4) is 23.1 Å². The lowest BCUT2D eigenvalue weighted by Crippen LogP contribution is -2.41. The molecule has 196 valence electrons. The Labute approximate surface area is 211 Å². The van der Waals surface area contributed by atoms with Crippen LogP contribution in [0.5, 0.6) is 0 Å². The summed E-state index contributed by atoms with van der Waals surface area (Å²) >= 11 is 0. The van der Waals surface area contributed by atoms with E-state index in [9.17, 15) is 4.79 Å². The normalized spacial score (nSPS) is 14.8. The molecule has 0 atom stereocenters. The Kier molecular flexibility index (Phi) is 7.95. The van der Waals surface area contributed by atoms with E-state index in [0.29, 0.717) is 30.5 Å². The number of amides is 1. The first-order valence-electron chi connectivity index (χ1n) is 12.3. The predicted octanol–water partition coefficient (Wildman–Crippen LogP) is 4.33. The second-order valence-corrected chi connectivity index (χ2v) is 10.4. The number of hydrogen-bond donors (Lipinski definition) is 2. The molecule has 1 aliphatic rings. The molecule has 1 saturated heterocycles. The molecule has 0 radical (unpaired) electrons. The Morgan fingerprint density at radius 1 is 1.11 bits per heavy atom. The van der Waals surface area contributed by atoms with Crippen LogP contribution in [0.15, 0.2) is 10.6 Å². The van der Waals surface area contributed by atoms with Gasteiger partial charge in [-0.15, -0.1) is 10.2 Å². The van der Waals surface area contributed by atoms with Gasteiger partial charge < -0.3 is 19.8 Å². The molecule has 1 aliphatic heterocycles. The van der Waals surface area contributed by atoms with Crippen LogP contribution in [-0.2, 0) is 10.2 Å². The molecular formula is C24H37N9O3. The van der Waals surface area contributed by atoms with Gasteiger partial charge in [0.1, 0.15) is 17.1 Å². The molecule has 0 bridgehead atoms. The van der Waals surface area contributed by atoms with Gasteiger partial charge in [0.05, 0.1) is 6.20 Å². The summed E-state index contributed by atoms with van der Waals surface area (Å²) in [5, 5.41) is 15.5. The van der Waals surface area contributed by atoms with E-state index >= 15 is 0 Å². The SMILES string of the molecule is CC.CC(C)(C)OC(=O)N1CCC(c2nc(-c3cnc(N)c(-c4nnc(C(C)(C)C)o4)n3)n[nH]2)CC1. The number of nitrogen functional groups attached to an aromatic ring is 1. The zero-order valence-corrected chi connectivity index (χ0v) is 22.4. The molecule has 1 amide bonds. The quantitative estimate of drug-likeness (QED) is 0.530.